The summed E-state index contributed by atoms with van der Waals surface area (Å²) in [5, 5.41) is 1.75. The second kappa shape index (κ2) is 7.89. The van der Waals surface area contributed by atoms with Gasteiger partial charge in [0.1, 0.15) is 0 Å². The van der Waals surface area contributed by atoms with Crippen molar-refractivity contribution in [2.24, 2.45) is 5.92 Å². The number of ether oxygens (including phenoxy) is 1. The van der Waals surface area contributed by atoms with Crippen molar-refractivity contribution in [2.45, 2.75) is 19.4 Å². The summed E-state index contributed by atoms with van der Waals surface area (Å²) in [6.45, 7) is 0.313. The molecule has 0 aromatic carbocycles. The Morgan fingerprint density at radius 3 is 2.81 bits per heavy atom. The first-order valence-electron chi connectivity index (χ1n) is 7.80. The Hall–Kier alpha value is -2.37. The number of pyridine rings is 1. The summed E-state index contributed by atoms with van der Waals surface area (Å²) >= 11 is 1.21. The SMILES string of the molecule is O=C(Cc1cc(F)c(=O)n(CC(F)F)c1)c1cc(C#CC2COC2)cs1. The molecule has 1 fully saturated rings. The highest BCUT2D eigenvalue weighted by Gasteiger charge is 2.16. The summed E-state index contributed by atoms with van der Waals surface area (Å²) in [5.74, 6) is 4.78. The number of aromatic nitrogens is 1. The van der Waals surface area contributed by atoms with E-state index in [-0.39, 0.29) is 23.7 Å². The number of nitrogens with zero attached hydrogens (tertiary/aromatic N) is 1. The molecule has 0 N–H and O–H groups in total. The third-order valence-corrected chi connectivity index (χ3v) is 4.70. The van der Waals surface area contributed by atoms with Gasteiger partial charge in [-0.05, 0) is 17.7 Å². The van der Waals surface area contributed by atoms with E-state index in [4.69, 9.17) is 4.74 Å². The van der Waals surface area contributed by atoms with Crippen LogP contribution in [0.1, 0.15) is 20.8 Å². The van der Waals surface area contributed by atoms with Gasteiger partial charge in [0.25, 0.3) is 12.0 Å². The summed E-state index contributed by atoms with van der Waals surface area (Å²) < 4.78 is 44.2. The maximum atomic E-state index is 13.6. The van der Waals surface area contributed by atoms with E-state index >= 15 is 0 Å². The van der Waals surface area contributed by atoms with Gasteiger partial charge >= 0.3 is 0 Å². The van der Waals surface area contributed by atoms with Crippen LogP contribution < -0.4 is 5.56 Å². The van der Waals surface area contributed by atoms with Crippen molar-refractivity contribution in [3.63, 3.8) is 0 Å². The quantitative estimate of drug-likeness (QED) is 0.591. The van der Waals surface area contributed by atoms with Crippen molar-refractivity contribution in [1.82, 2.24) is 4.57 Å². The van der Waals surface area contributed by atoms with E-state index < -0.39 is 24.3 Å². The number of rotatable bonds is 5. The highest BCUT2D eigenvalue weighted by atomic mass is 32.1. The van der Waals surface area contributed by atoms with Crippen LogP contribution in [0.15, 0.2) is 28.5 Å². The van der Waals surface area contributed by atoms with Crippen LogP contribution in [-0.4, -0.2) is 30.0 Å². The zero-order valence-electron chi connectivity index (χ0n) is 13.5. The number of thiophene rings is 1. The molecule has 0 unspecified atom stereocenters. The van der Waals surface area contributed by atoms with Crippen LogP contribution >= 0.6 is 11.3 Å². The molecule has 2 aromatic heterocycles. The molecule has 1 aliphatic rings. The lowest BCUT2D eigenvalue weighted by Gasteiger charge is -2.19. The minimum absolute atomic E-state index is 0.167. The van der Waals surface area contributed by atoms with Crippen LogP contribution in [0.5, 0.6) is 0 Å². The Bertz CT molecular complexity index is 935. The number of hydrogen-bond acceptors (Lipinski definition) is 4. The van der Waals surface area contributed by atoms with Crippen molar-refractivity contribution in [3.05, 3.63) is 55.9 Å². The summed E-state index contributed by atoms with van der Waals surface area (Å²) in [6, 6.07) is 2.55. The van der Waals surface area contributed by atoms with Crippen molar-refractivity contribution in [1.29, 1.82) is 0 Å². The smallest absolute Gasteiger partial charge is 0.286 e. The predicted octanol–water partition coefficient (Wildman–Crippen LogP) is 2.74. The molecular formula is C18H14F3NO3S. The molecule has 0 aliphatic carbocycles. The number of halogens is 3. The van der Waals surface area contributed by atoms with Gasteiger partial charge in [-0.2, -0.15) is 0 Å². The molecule has 26 heavy (non-hydrogen) atoms. The highest BCUT2D eigenvalue weighted by molar-refractivity contribution is 7.12. The lowest BCUT2D eigenvalue weighted by molar-refractivity contribution is -0.00300. The molecule has 1 aliphatic heterocycles. The van der Waals surface area contributed by atoms with Gasteiger partial charge in [-0.3, -0.25) is 9.59 Å². The summed E-state index contributed by atoms with van der Waals surface area (Å²) in [6.07, 6.45) is -1.89. The Morgan fingerprint density at radius 2 is 2.15 bits per heavy atom. The predicted molar refractivity (Wildman–Crippen MR) is 90.2 cm³/mol. The van der Waals surface area contributed by atoms with Crippen molar-refractivity contribution in [2.75, 3.05) is 13.2 Å². The zero-order chi connectivity index (χ0) is 18.7. The van der Waals surface area contributed by atoms with Crippen LogP contribution in [0.2, 0.25) is 0 Å². The maximum Gasteiger partial charge on any atom is 0.286 e. The summed E-state index contributed by atoms with van der Waals surface area (Å²) in [4.78, 5) is 24.3. The first-order chi connectivity index (χ1) is 12.4. The first-order valence-corrected chi connectivity index (χ1v) is 8.68. The average Bonchev–Trinajstić information content (AvgIpc) is 2.99. The Balaban J connectivity index is 1.73. The fraction of sp³-hybridized carbons (Fsp3) is 0.333. The molecule has 0 radical (unpaired) electrons. The number of ketones is 1. The molecule has 3 heterocycles. The maximum absolute atomic E-state index is 13.6. The molecule has 0 spiro atoms. The van der Waals surface area contributed by atoms with Crippen LogP contribution in [0.25, 0.3) is 0 Å². The zero-order valence-corrected chi connectivity index (χ0v) is 14.3. The van der Waals surface area contributed by atoms with E-state index in [0.29, 0.717) is 28.2 Å². The third-order valence-electron chi connectivity index (χ3n) is 3.73. The molecule has 4 nitrogen and oxygen atoms in total. The lowest BCUT2D eigenvalue weighted by Crippen LogP contribution is -2.26. The molecule has 0 amide bonds. The van der Waals surface area contributed by atoms with Gasteiger partial charge in [0.2, 0.25) is 0 Å². The number of carbonyl (C=O) groups excluding carboxylic acids is 1. The van der Waals surface area contributed by atoms with Crippen molar-refractivity contribution >= 4 is 17.1 Å². The Kier molecular flexibility index (Phi) is 5.59. The Morgan fingerprint density at radius 1 is 1.38 bits per heavy atom. The van der Waals surface area contributed by atoms with E-state index in [0.717, 1.165) is 12.3 Å². The van der Waals surface area contributed by atoms with Gasteiger partial charge in [-0.1, -0.05) is 11.8 Å². The van der Waals surface area contributed by atoms with Gasteiger partial charge < -0.3 is 9.30 Å². The standard InChI is InChI=1S/C18H14F3NO3S/c19-14-3-13(6-22(18(14)24)7-17(20)21)4-15(23)16-5-11(10-26-16)1-2-12-8-25-9-12/h3,5-6,10,12,17H,4,7-9H2. The molecule has 8 heteroatoms. The highest BCUT2D eigenvalue weighted by Crippen LogP contribution is 2.18. The number of alkyl halides is 2. The van der Waals surface area contributed by atoms with Crippen LogP contribution in [0.4, 0.5) is 13.2 Å². The molecule has 0 atom stereocenters. The third kappa shape index (κ3) is 4.42. The minimum Gasteiger partial charge on any atom is -0.379 e. The number of Topliss-reactive ketones (excluding diaryl/α,β-unsaturated/α-hetero) is 1. The molecule has 0 bridgehead atoms. The van der Waals surface area contributed by atoms with E-state index in [1.165, 1.54) is 11.3 Å². The lowest BCUT2D eigenvalue weighted by atomic mass is 10.1. The van der Waals surface area contributed by atoms with Gasteiger partial charge in [-0.15, -0.1) is 11.3 Å². The largest absolute Gasteiger partial charge is 0.379 e. The second-order valence-electron chi connectivity index (χ2n) is 5.85. The molecule has 3 rings (SSSR count). The number of carbonyl (C=O) groups is 1. The fourth-order valence-corrected chi connectivity index (χ4v) is 3.14. The molecule has 2 aromatic rings. The molecule has 1 saturated heterocycles. The van der Waals surface area contributed by atoms with Gasteiger partial charge in [0, 0.05) is 23.6 Å². The summed E-state index contributed by atoms with van der Waals surface area (Å²) in [7, 11) is 0. The molecular weight excluding hydrogens is 367 g/mol. The van der Waals surface area contributed by atoms with Gasteiger partial charge in [0.05, 0.1) is 30.6 Å². The second-order valence-corrected chi connectivity index (χ2v) is 6.76. The average molecular weight is 381 g/mol. The minimum atomic E-state index is -2.79. The van der Waals surface area contributed by atoms with E-state index in [1.807, 2.05) is 0 Å². The van der Waals surface area contributed by atoms with E-state index in [1.54, 1.807) is 11.4 Å². The topological polar surface area (TPSA) is 48.3 Å². The van der Waals surface area contributed by atoms with Gasteiger partial charge in [0.15, 0.2) is 11.6 Å². The summed E-state index contributed by atoms with van der Waals surface area (Å²) in [5.41, 5.74) is -0.255. The van der Waals surface area contributed by atoms with E-state index in [2.05, 4.69) is 11.8 Å². The van der Waals surface area contributed by atoms with Crippen LogP contribution in [-0.2, 0) is 17.7 Å². The number of hydrogen-bond donors (Lipinski definition) is 0. The van der Waals surface area contributed by atoms with Crippen LogP contribution in [0, 0.1) is 23.6 Å². The van der Waals surface area contributed by atoms with Crippen molar-refractivity contribution in [3.8, 4) is 11.8 Å². The Labute approximate surface area is 151 Å². The molecule has 136 valence electrons. The monoisotopic (exact) mass is 381 g/mol. The van der Waals surface area contributed by atoms with E-state index in [9.17, 15) is 22.8 Å². The van der Waals surface area contributed by atoms with Crippen molar-refractivity contribution < 1.29 is 22.7 Å². The normalized spacial score (nSPS) is 14.0. The molecule has 0 saturated carbocycles. The fourth-order valence-electron chi connectivity index (χ4n) is 2.36. The first kappa shape index (κ1) is 18.4. The van der Waals surface area contributed by atoms with Gasteiger partial charge in [-0.25, -0.2) is 13.2 Å². The van der Waals surface area contributed by atoms with Crippen LogP contribution in [0.3, 0.4) is 0 Å².